The Morgan fingerprint density at radius 2 is 2.05 bits per heavy atom. The molecule has 0 fully saturated rings. The molecule has 4 aromatic rings. The minimum Gasteiger partial charge on any atom is -0.485 e. The molecule has 0 saturated heterocycles. The molecule has 0 atom stereocenters. The number of carbonyl (C=O) groups is 1. The maximum absolute atomic E-state index is 14.9. The van der Waals surface area contributed by atoms with Gasteiger partial charge in [-0.3, -0.25) is 9.20 Å². The van der Waals surface area contributed by atoms with E-state index in [4.69, 9.17) is 15.9 Å². The van der Waals surface area contributed by atoms with Crippen molar-refractivity contribution in [1.29, 1.82) is 5.41 Å². The zero-order valence-electron chi connectivity index (χ0n) is 20.2. The molecule has 0 aliphatic rings. The molecule has 0 bridgehead atoms. The zero-order chi connectivity index (χ0) is 26.4. The lowest BCUT2D eigenvalue weighted by molar-refractivity contribution is 0.0952. The number of benzene rings is 2. The van der Waals surface area contributed by atoms with Crippen molar-refractivity contribution in [2.75, 3.05) is 25.0 Å². The lowest BCUT2D eigenvalue weighted by Crippen LogP contribution is -2.26. The third-order valence-electron chi connectivity index (χ3n) is 5.73. The Bertz CT molecular complexity index is 1440. The zero-order valence-corrected chi connectivity index (χ0v) is 20.2. The van der Waals surface area contributed by atoms with Gasteiger partial charge in [0.05, 0.1) is 11.9 Å². The summed E-state index contributed by atoms with van der Waals surface area (Å²) in [7, 11) is 0. The number of rotatable bonds is 11. The first-order valence-corrected chi connectivity index (χ1v) is 11.8. The first-order chi connectivity index (χ1) is 18.0. The van der Waals surface area contributed by atoms with E-state index in [1.807, 2.05) is 13.0 Å². The molecule has 0 radical (unpaired) electrons. The van der Waals surface area contributed by atoms with E-state index in [2.05, 4.69) is 20.6 Å². The summed E-state index contributed by atoms with van der Waals surface area (Å²) in [5, 5.41) is 13.1. The number of aromatic nitrogens is 3. The molecule has 0 aliphatic heterocycles. The Morgan fingerprint density at radius 1 is 1.22 bits per heavy atom. The number of fused-ring (bicyclic) bond motifs is 1. The van der Waals surface area contributed by atoms with Gasteiger partial charge in [0.2, 0.25) is 5.82 Å². The lowest BCUT2D eigenvalue weighted by atomic mass is 10.0. The van der Waals surface area contributed by atoms with Crippen LogP contribution in [0.3, 0.4) is 0 Å². The number of anilines is 2. The summed E-state index contributed by atoms with van der Waals surface area (Å²) in [6, 6.07) is 8.11. The summed E-state index contributed by atoms with van der Waals surface area (Å²) in [6.07, 6.45) is 6.86. The van der Waals surface area contributed by atoms with Crippen LogP contribution in [0.5, 0.6) is 5.75 Å². The van der Waals surface area contributed by atoms with Gasteiger partial charge in [0.1, 0.15) is 6.61 Å². The lowest BCUT2D eigenvalue weighted by Gasteiger charge is -2.13. The van der Waals surface area contributed by atoms with E-state index in [1.165, 1.54) is 24.5 Å². The van der Waals surface area contributed by atoms with Gasteiger partial charge < -0.3 is 26.5 Å². The third-order valence-corrected chi connectivity index (χ3v) is 5.73. The highest BCUT2D eigenvalue weighted by molar-refractivity contribution is 5.96. The van der Waals surface area contributed by atoms with Crippen LogP contribution in [0.4, 0.5) is 20.3 Å². The number of nitrogens with two attached hydrogens (primary N) is 1. The number of nitrogens with zero attached hydrogens (tertiary/aromatic N) is 3. The number of ether oxygens (including phenoxy) is 1. The minimum atomic E-state index is -1.14. The van der Waals surface area contributed by atoms with Gasteiger partial charge in [-0.25, -0.2) is 14.4 Å². The van der Waals surface area contributed by atoms with Crippen molar-refractivity contribution < 1.29 is 18.3 Å². The number of nitrogens with one attached hydrogen (secondary N) is 3. The van der Waals surface area contributed by atoms with Crippen molar-refractivity contribution in [3.05, 3.63) is 71.7 Å². The molecule has 11 heteroatoms. The van der Waals surface area contributed by atoms with Crippen LogP contribution < -0.4 is 21.1 Å². The van der Waals surface area contributed by atoms with Gasteiger partial charge in [-0.2, -0.15) is 4.39 Å². The highest BCUT2D eigenvalue weighted by Crippen LogP contribution is 2.31. The van der Waals surface area contributed by atoms with Crippen molar-refractivity contribution in [1.82, 2.24) is 19.7 Å². The fourth-order valence-corrected chi connectivity index (χ4v) is 3.90. The highest BCUT2D eigenvalue weighted by atomic mass is 19.2. The summed E-state index contributed by atoms with van der Waals surface area (Å²) in [5.74, 6) is -2.24. The van der Waals surface area contributed by atoms with Crippen molar-refractivity contribution in [3.63, 3.8) is 0 Å². The second kappa shape index (κ2) is 11.6. The van der Waals surface area contributed by atoms with E-state index in [9.17, 15) is 13.6 Å². The van der Waals surface area contributed by atoms with Crippen molar-refractivity contribution >= 4 is 29.3 Å². The predicted octanol–water partition coefficient (Wildman–Crippen LogP) is 4.09. The number of hydrogen-bond donors (Lipinski definition) is 4. The van der Waals surface area contributed by atoms with Gasteiger partial charge in [-0.15, -0.1) is 0 Å². The molecule has 0 aliphatic carbocycles. The smallest absolute Gasteiger partial charge is 0.251 e. The standard InChI is InChI=1S/C26H27F2N7O2/c1-2-16-14-17(4-5-18(16)26(36)32-10-3-8-29)34-24-25-33-15-20(35(25)12-11-31-24)19-6-7-21(37-13-9-30)23(28)22(19)27/h4-7,9,11-12,14-15,30H,2-3,8,10,13,29H2,1H3,(H,31,34)(H,32,36). The van der Waals surface area contributed by atoms with Crippen molar-refractivity contribution in [3.8, 4) is 17.0 Å². The van der Waals surface area contributed by atoms with Gasteiger partial charge in [0.25, 0.3) is 5.91 Å². The van der Waals surface area contributed by atoms with Crippen LogP contribution in [-0.4, -0.2) is 46.2 Å². The fraction of sp³-hybridized carbons (Fsp3) is 0.231. The Kier molecular flexibility index (Phi) is 8.04. The monoisotopic (exact) mass is 507 g/mol. The Balaban J connectivity index is 1.63. The second-order valence-corrected chi connectivity index (χ2v) is 8.12. The third kappa shape index (κ3) is 5.41. The van der Waals surface area contributed by atoms with Crippen LogP contribution in [0.1, 0.15) is 29.3 Å². The first kappa shape index (κ1) is 25.7. The molecule has 5 N–H and O–H groups in total. The molecule has 9 nitrogen and oxygen atoms in total. The van der Waals surface area contributed by atoms with Crippen LogP contribution in [0.15, 0.2) is 48.9 Å². The summed E-state index contributed by atoms with van der Waals surface area (Å²) in [5.41, 5.74) is 8.37. The maximum atomic E-state index is 14.9. The van der Waals surface area contributed by atoms with Gasteiger partial charge in [-0.1, -0.05) is 6.92 Å². The Labute approximate surface area is 212 Å². The van der Waals surface area contributed by atoms with Gasteiger partial charge in [0.15, 0.2) is 23.0 Å². The van der Waals surface area contributed by atoms with Crippen LogP contribution in [0.2, 0.25) is 0 Å². The molecule has 37 heavy (non-hydrogen) atoms. The van der Waals surface area contributed by atoms with Crippen LogP contribution in [0.25, 0.3) is 16.9 Å². The van der Waals surface area contributed by atoms with Gasteiger partial charge in [-0.05, 0) is 55.3 Å². The molecule has 0 unspecified atom stereocenters. The normalized spacial score (nSPS) is 10.9. The van der Waals surface area contributed by atoms with E-state index >= 15 is 0 Å². The van der Waals surface area contributed by atoms with Crippen LogP contribution in [0, 0.1) is 17.0 Å². The van der Waals surface area contributed by atoms with E-state index in [1.54, 1.807) is 22.7 Å². The summed E-state index contributed by atoms with van der Waals surface area (Å²) >= 11 is 0. The second-order valence-electron chi connectivity index (χ2n) is 8.12. The molecule has 192 valence electrons. The molecule has 4 rings (SSSR count). The highest BCUT2D eigenvalue weighted by Gasteiger charge is 2.20. The Morgan fingerprint density at radius 3 is 2.81 bits per heavy atom. The summed E-state index contributed by atoms with van der Waals surface area (Å²) in [6.45, 7) is 2.82. The van der Waals surface area contributed by atoms with Crippen LogP contribution in [-0.2, 0) is 6.42 Å². The number of aryl methyl sites for hydroxylation is 1. The molecule has 1 amide bonds. The first-order valence-electron chi connectivity index (χ1n) is 11.8. The largest absolute Gasteiger partial charge is 0.485 e. The van der Waals surface area contributed by atoms with Gasteiger partial charge in [0, 0.05) is 42.0 Å². The number of amides is 1. The van der Waals surface area contributed by atoms with E-state index < -0.39 is 11.6 Å². The molecular weight excluding hydrogens is 480 g/mol. The van der Waals surface area contributed by atoms with Crippen molar-refractivity contribution in [2.24, 2.45) is 5.73 Å². The predicted molar refractivity (Wildman–Crippen MR) is 138 cm³/mol. The quantitative estimate of drug-likeness (QED) is 0.179. The van der Waals surface area contributed by atoms with E-state index in [0.29, 0.717) is 54.3 Å². The molecular formula is C26H27F2N7O2. The van der Waals surface area contributed by atoms with E-state index in [0.717, 1.165) is 11.8 Å². The number of halogens is 2. The average Bonchev–Trinajstić information content (AvgIpc) is 3.34. The number of carbonyl (C=O) groups excluding carboxylic acids is 1. The number of imidazole rings is 1. The van der Waals surface area contributed by atoms with Crippen LogP contribution >= 0.6 is 0 Å². The average molecular weight is 508 g/mol. The summed E-state index contributed by atoms with van der Waals surface area (Å²) < 4.78 is 36.1. The maximum Gasteiger partial charge on any atom is 0.251 e. The number of hydrogen-bond acceptors (Lipinski definition) is 7. The van der Waals surface area contributed by atoms with Crippen molar-refractivity contribution in [2.45, 2.75) is 19.8 Å². The van der Waals surface area contributed by atoms with E-state index in [-0.39, 0.29) is 23.8 Å². The van der Waals surface area contributed by atoms with Gasteiger partial charge >= 0.3 is 0 Å². The molecule has 2 heterocycles. The topological polar surface area (TPSA) is 130 Å². The Hall–Kier alpha value is -4.38. The fourth-order valence-electron chi connectivity index (χ4n) is 3.90. The molecule has 2 aromatic carbocycles. The summed E-state index contributed by atoms with van der Waals surface area (Å²) in [4.78, 5) is 21.3. The molecule has 0 spiro atoms. The minimum absolute atomic E-state index is 0.00243. The molecule has 0 saturated carbocycles. The SMILES string of the molecule is CCc1cc(Nc2nccn3c(-c4ccc(OCC=N)c(F)c4F)cnc23)ccc1C(=O)NCCCN. The molecule has 2 aromatic heterocycles.